The highest BCUT2D eigenvalue weighted by molar-refractivity contribution is 5.59. The van der Waals surface area contributed by atoms with Crippen molar-refractivity contribution in [1.29, 1.82) is 0 Å². The van der Waals surface area contributed by atoms with Crippen molar-refractivity contribution in [1.82, 2.24) is 9.78 Å². The molecule has 2 aromatic rings. The highest BCUT2D eigenvalue weighted by atomic mass is 19.4. The van der Waals surface area contributed by atoms with E-state index in [1.807, 2.05) is 0 Å². The molecule has 0 bridgehead atoms. The predicted molar refractivity (Wildman–Crippen MR) is 80.8 cm³/mol. The topological polar surface area (TPSA) is 64.2 Å². The largest absolute Gasteiger partial charge is 0.418 e. The van der Waals surface area contributed by atoms with E-state index in [9.17, 15) is 23.3 Å². The molecule has 2 heterocycles. The number of non-ortho nitro benzene ring substituents is 1. The number of piperidine rings is 1. The minimum absolute atomic E-state index is 0.0231. The fourth-order valence-corrected chi connectivity index (χ4v) is 3.03. The molecule has 1 aromatic heterocycles. The van der Waals surface area contributed by atoms with Crippen molar-refractivity contribution in [2.45, 2.75) is 25.1 Å². The number of aromatic nitrogens is 2. The third-order valence-electron chi connectivity index (χ3n) is 4.13. The monoisotopic (exact) mass is 340 g/mol. The molecule has 1 aliphatic rings. The van der Waals surface area contributed by atoms with Crippen LogP contribution < -0.4 is 4.90 Å². The van der Waals surface area contributed by atoms with Gasteiger partial charge < -0.3 is 4.90 Å². The molecule has 0 radical (unpaired) electrons. The number of alkyl halides is 3. The average molecular weight is 340 g/mol. The van der Waals surface area contributed by atoms with Crippen LogP contribution in [0.3, 0.4) is 0 Å². The summed E-state index contributed by atoms with van der Waals surface area (Å²) in [6, 6.07) is 4.65. The molecular weight excluding hydrogens is 325 g/mol. The zero-order valence-corrected chi connectivity index (χ0v) is 12.6. The normalized spacial score (nSPS) is 18.6. The summed E-state index contributed by atoms with van der Waals surface area (Å²) in [7, 11) is 0. The average Bonchev–Trinajstić information content (AvgIpc) is 3.08. The van der Waals surface area contributed by atoms with Gasteiger partial charge >= 0.3 is 6.18 Å². The third-order valence-corrected chi connectivity index (χ3v) is 4.13. The molecule has 0 amide bonds. The molecule has 9 heteroatoms. The van der Waals surface area contributed by atoms with E-state index in [-0.39, 0.29) is 11.7 Å². The summed E-state index contributed by atoms with van der Waals surface area (Å²) in [6.07, 6.45) is 0.311. The van der Waals surface area contributed by atoms with Gasteiger partial charge in [-0.15, -0.1) is 0 Å². The molecule has 1 aromatic carbocycles. The van der Waals surface area contributed by atoms with Crippen LogP contribution in [-0.4, -0.2) is 27.8 Å². The van der Waals surface area contributed by atoms with Crippen LogP contribution in [0.4, 0.5) is 24.5 Å². The Kier molecular flexibility index (Phi) is 4.16. The van der Waals surface area contributed by atoms with Crippen molar-refractivity contribution in [3.63, 3.8) is 0 Å². The van der Waals surface area contributed by atoms with Crippen molar-refractivity contribution in [3.8, 4) is 0 Å². The van der Waals surface area contributed by atoms with E-state index in [2.05, 4.69) is 5.10 Å². The summed E-state index contributed by atoms with van der Waals surface area (Å²) in [6.45, 7) is 0.848. The van der Waals surface area contributed by atoms with Gasteiger partial charge in [-0.05, 0) is 25.0 Å². The molecule has 1 saturated heterocycles. The second-order valence-electron chi connectivity index (χ2n) is 5.68. The van der Waals surface area contributed by atoms with Crippen LogP contribution in [0.15, 0.2) is 36.7 Å². The first-order chi connectivity index (χ1) is 11.4. The van der Waals surface area contributed by atoms with Crippen LogP contribution in [0.2, 0.25) is 0 Å². The van der Waals surface area contributed by atoms with Gasteiger partial charge in [-0.1, -0.05) is 0 Å². The maximum atomic E-state index is 13.4. The first-order valence-corrected chi connectivity index (χ1v) is 7.46. The van der Waals surface area contributed by atoms with E-state index in [1.165, 1.54) is 6.07 Å². The van der Waals surface area contributed by atoms with Crippen molar-refractivity contribution < 1.29 is 18.1 Å². The predicted octanol–water partition coefficient (Wildman–Crippen LogP) is 3.65. The summed E-state index contributed by atoms with van der Waals surface area (Å²) < 4.78 is 41.8. The van der Waals surface area contributed by atoms with E-state index < -0.39 is 22.4 Å². The summed E-state index contributed by atoms with van der Waals surface area (Å²) in [5.41, 5.74) is -1.56. The lowest BCUT2D eigenvalue weighted by atomic mass is 10.0. The molecule has 128 valence electrons. The van der Waals surface area contributed by atoms with E-state index >= 15 is 0 Å². The minimum atomic E-state index is -4.65. The van der Waals surface area contributed by atoms with Crippen LogP contribution in [0.5, 0.6) is 0 Å². The Morgan fingerprint density at radius 1 is 1.33 bits per heavy atom. The lowest BCUT2D eigenvalue weighted by Gasteiger charge is -2.35. The standard InChI is InChI=1S/C15H15F3N4O2/c16-15(17,18)13-9-11(22(23)24)4-5-14(13)20-7-1-3-12(10-20)21-8-2-6-19-21/h2,4-6,8-9,12H,1,3,7,10H2. The summed E-state index contributed by atoms with van der Waals surface area (Å²) in [4.78, 5) is 11.6. The molecule has 0 N–H and O–H groups in total. The third kappa shape index (κ3) is 3.19. The van der Waals surface area contributed by atoms with Crippen LogP contribution in [0.1, 0.15) is 24.4 Å². The fraction of sp³-hybridized carbons (Fsp3) is 0.400. The number of benzene rings is 1. The zero-order valence-electron chi connectivity index (χ0n) is 12.6. The van der Waals surface area contributed by atoms with Gasteiger partial charge in [-0.3, -0.25) is 14.8 Å². The molecule has 0 saturated carbocycles. The Morgan fingerprint density at radius 3 is 2.75 bits per heavy atom. The van der Waals surface area contributed by atoms with Crippen LogP contribution >= 0.6 is 0 Å². The molecule has 1 fully saturated rings. The molecule has 3 rings (SSSR count). The van der Waals surface area contributed by atoms with Crippen molar-refractivity contribution >= 4 is 11.4 Å². The van der Waals surface area contributed by atoms with Gasteiger partial charge in [-0.25, -0.2) is 0 Å². The number of nitro benzene ring substituents is 1. The Bertz CT molecular complexity index is 731. The van der Waals surface area contributed by atoms with E-state index in [0.717, 1.165) is 18.9 Å². The van der Waals surface area contributed by atoms with Gasteiger partial charge in [0.05, 0.1) is 16.5 Å². The summed E-state index contributed by atoms with van der Waals surface area (Å²) in [5, 5.41) is 14.9. The van der Waals surface area contributed by atoms with Crippen molar-refractivity contribution in [2.75, 3.05) is 18.0 Å². The molecule has 1 aliphatic heterocycles. The zero-order chi connectivity index (χ0) is 17.3. The molecule has 0 spiro atoms. The van der Waals surface area contributed by atoms with Crippen molar-refractivity contribution in [2.24, 2.45) is 0 Å². The smallest absolute Gasteiger partial charge is 0.369 e. The van der Waals surface area contributed by atoms with Crippen LogP contribution in [0, 0.1) is 10.1 Å². The fourth-order valence-electron chi connectivity index (χ4n) is 3.03. The number of hydrogen-bond acceptors (Lipinski definition) is 4. The lowest BCUT2D eigenvalue weighted by molar-refractivity contribution is -0.385. The molecule has 0 aliphatic carbocycles. The number of hydrogen-bond donors (Lipinski definition) is 0. The molecule has 24 heavy (non-hydrogen) atoms. The van der Waals surface area contributed by atoms with Gasteiger partial charge in [0.1, 0.15) is 0 Å². The molecule has 1 unspecified atom stereocenters. The highest BCUT2D eigenvalue weighted by Crippen LogP contribution is 2.40. The van der Waals surface area contributed by atoms with Gasteiger partial charge in [0.2, 0.25) is 0 Å². The first-order valence-electron chi connectivity index (χ1n) is 7.46. The quantitative estimate of drug-likeness (QED) is 0.632. The first kappa shape index (κ1) is 16.3. The van der Waals surface area contributed by atoms with E-state index in [4.69, 9.17) is 0 Å². The SMILES string of the molecule is O=[N+]([O-])c1ccc(N2CCCC(n3cccn3)C2)c(C(F)(F)F)c1. The second-order valence-corrected chi connectivity index (χ2v) is 5.68. The maximum absolute atomic E-state index is 13.4. The number of anilines is 1. The Hall–Kier alpha value is -2.58. The second kappa shape index (κ2) is 6.14. The molecular formula is C15H15F3N4O2. The van der Waals surface area contributed by atoms with Crippen molar-refractivity contribution in [3.05, 3.63) is 52.3 Å². The highest BCUT2D eigenvalue weighted by Gasteiger charge is 2.37. The molecule has 6 nitrogen and oxygen atoms in total. The number of halogens is 3. The number of nitrogens with zero attached hydrogens (tertiary/aromatic N) is 4. The van der Waals surface area contributed by atoms with Gasteiger partial charge in [0.25, 0.3) is 5.69 Å². The van der Waals surface area contributed by atoms with Gasteiger partial charge in [0, 0.05) is 43.3 Å². The Morgan fingerprint density at radius 2 is 2.12 bits per heavy atom. The number of rotatable bonds is 3. The number of nitro groups is 1. The Balaban J connectivity index is 1.94. The Labute approximate surface area is 135 Å². The minimum Gasteiger partial charge on any atom is -0.369 e. The van der Waals surface area contributed by atoms with E-state index in [1.54, 1.807) is 28.0 Å². The van der Waals surface area contributed by atoms with Gasteiger partial charge in [0.15, 0.2) is 0 Å². The lowest BCUT2D eigenvalue weighted by Crippen LogP contribution is -2.37. The maximum Gasteiger partial charge on any atom is 0.418 e. The summed E-state index contributed by atoms with van der Waals surface area (Å²) in [5.74, 6) is 0. The van der Waals surface area contributed by atoms with Gasteiger partial charge in [-0.2, -0.15) is 18.3 Å². The molecule has 1 atom stereocenters. The summed E-state index contributed by atoms with van der Waals surface area (Å²) >= 11 is 0. The van der Waals surface area contributed by atoms with Crippen LogP contribution in [0.25, 0.3) is 0 Å². The van der Waals surface area contributed by atoms with E-state index in [0.29, 0.717) is 19.2 Å². The van der Waals surface area contributed by atoms with Crippen LogP contribution in [-0.2, 0) is 6.18 Å².